The zero-order chi connectivity index (χ0) is 83.9. The molecule has 0 unspecified atom stereocenters. The number of aliphatic hydroxyl groups excluding tert-OH is 8. The monoisotopic (exact) mass is 1650 g/mol. The van der Waals surface area contributed by atoms with Crippen molar-refractivity contribution in [3.05, 3.63) is 129 Å². The maximum absolute atomic E-state index is 15.3. The Morgan fingerprint density at radius 3 is 1.97 bits per heavy atom. The van der Waals surface area contributed by atoms with E-state index in [-0.39, 0.29) is 66.5 Å². The van der Waals surface area contributed by atoms with Crippen molar-refractivity contribution in [2.45, 2.75) is 170 Å². The number of primary amides is 3. The maximum Gasteiger partial charge on any atom is 0.404 e. The van der Waals surface area contributed by atoms with E-state index in [1.54, 1.807) is 64.2 Å². The van der Waals surface area contributed by atoms with Gasteiger partial charge in [-0.25, -0.2) is 29.7 Å². The number of H-pyrrole nitrogens is 1. The summed E-state index contributed by atoms with van der Waals surface area (Å²) in [7, 11) is 0. The first-order chi connectivity index (χ1) is 54.8. The standard InChI is InChI=1S/C71H97N19O23S2/c1-32-47(86-60(89-58(32)74)39(24-45(73)94)81-25-38(72)59(75)100)65(105)88-49(55(40-26-77-31-82-40)111-70-57(53(98)51(96)43(27-91)110-70)112-69-54(99)56(113-71(76)108)52(97)44(28-92)109-69)66(106)83-34(3)50(95)33(2)61(101)87-48(35(4)93)64(104)80-21-18-46-84-42(30-114-46)67-85-41(29-115-67)63(103)79-20-13-23-90(68(107)37-16-9-6-10-17-37)22-12-11-19-78-62(102)36-14-7-5-8-15-36/h5-10,14-17,26,29-31,33-35,38-39,43-44,48-57,69-70,81,91-93,95-99H,11-13,18-25,27-28,72H2,1-4H3,(H2,73,94)(H2,75,100)(H2,76,108)(H,77,82)(H,78,102)(H,79,103)(H,80,104)(H,83,106)(H,87,101)(H,88,105)(H2,74,86,89)/t33-,34+,35+,38-,39-,43-,44+,48-,49-,50-,51+,52+,53-,54-,55-,56-,57-,69+,70-/m0/s1. The fourth-order valence-electron chi connectivity index (χ4n) is 12.1. The summed E-state index contributed by atoms with van der Waals surface area (Å²) < 4.78 is 28.8. The minimum absolute atomic E-state index is 0.0562. The fourth-order valence-corrected chi connectivity index (χ4v) is 13.7. The largest absolute Gasteiger partial charge is 0.441 e. The second-order valence-corrected chi connectivity index (χ2v) is 28.9. The molecule has 8 rings (SSSR count). The Morgan fingerprint density at radius 2 is 1.33 bits per heavy atom. The Hall–Kier alpha value is -10.3. The highest BCUT2D eigenvalue weighted by atomic mass is 32.1. The molecular formula is C71H97N19O23S2. The smallest absolute Gasteiger partial charge is 0.404 e. The predicted octanol–water partition coefficient (Wildman–Crippen LogP) is -5.23. The number of nitrogens with zero attached hydrogens (tertiary/aromatic N) is 6. The molecule has 4 aromatic heterocycles. The molecule has 2 saturated heterocycles. The van der Waals surface area contributed by atoms with E-state index in [0.29, 0.717) is 65.7 Å². The molecule has 0 aliphatic carbocycles. The summed E-state index contributed by atoms with van der Waals surface area (Å²) in [5.41, 5.74) is 29.0. The Kier molecular flexibility index (Phi) is 33.7. The zero-order valence-corrected chi connectivity index (χ0v) is 64.5. The van der Waals surface area contributed by atoms with Gasteiger partial charge in [0.1, 0.15) is 94.6 Å². The van der Waals surface area contributed by atoms with Crippen LogP contribution in [0.15, 0.2) is 83.9 Å². The summed E-state index contributed by atoms with van der Waals surface area (Å²) in [5.74, 6) is -9.34. The normalized spacial score (nSPS) is 21.7. The molecule has 626 valence electrons. The number of aliphatic hydroxyl groups is 8. The molecule has 2 aliphatic rings. The van der Waals surface area contributed by atoms with Gasteiger partial charge in [-0.2, -0.15) is 0 Å². The van der Waals surface area contributed by atoms with E-state index in [2.05, 4.69) is 67.1 Å². The number of nitrogens with one attached hydrogen (secondary N) is 8. The van der Waals surface area contributed by atoms with Gasteiger partial charge in [-0.3, -0.25) is 43.2 Å². The van der Waals surface area contributed by atoms with Crippen LogP contribution in [-0.4, -0.2) is 285 Å². The number of aromatic amines is 1. The number of thiazole rings is 2. The van der Waals surface area contributed by atoms with Gasteiger partial charge in [0, 0.05) is 79.6 Å². The number of aromatic nitrogens is 6. The van der Waals surface area contributed by atoms with E-state index in [1.165, 1.54) is 50.4 Å². The third-order valence-electron chi connectivity index (χ3n) is 18.6. The predicted molar refractivity (Wildman–Crippen MR) is 405 cm³/mol. The molecule has 42 nitrogen and oxygen atoms in total. The van der Waals surface area contributed by atoms with Gasteiger partial charge in [-0.1, -0.05) is 43.3 Å². The van der Waals surface area contributed by atoms with Crippen LogP contribution in [0.5, 0.6) is 0 Å². The number of anilines is 1. The summed E-state index contributed by atoms with van der Waals surface area (Å²) in [6.45, 7) is 3.94. The third kappa shape index (κ3) is 24.6. The Bertz CT molecular complexity index is 4250. The van der Waals surface area contributed by atoms with Crippen molar-refractivity contribution in [3.63, 3.8) is 0 Å². The number of carbonyl (C=O) groups is 10. The first-order valence-corrected chi connectivity index (χ1v) is 38.2. The SMILES string of the molecule is Cc1c(N)nc([C@H](CC(N)=O)NC[C@H](N)C(N)=O)nc1C(=O)N[C@H](C(=O)N[C@H](C)[C@@H](O)[C@H](C)C(=O)N[C@H](C(=O)NCCc1nc(-c2nc(C(=O)NCCCN(CCCCNC(=O)c3ccccc3)C(=O)c3ccccc3)cs2)cs1)[C@@H](C)O)[C@@H](O[C@@H]1O[C@@H](CO)[C@@H](O)[C@H](O)[C@@H]1O[C@H]1O[C@H](CO)[C@@H](O)[C@H](OC(N)=O)[C@@H]1O)c1cnc[nH]1. The first kappa shape index (κ1) is 90.3. The number of benzene rings is 2. The maximum atomic E-state index is 15.3. The van der Waals surface area contributed by atoms with Crippen molar-refractivity contribution in [2.24, 2.45) is 28.9 Å². The van der Waals surface area contributed by atoms with Crippen LogP contribution in [0.4, 0.5) is 10.6 Å². The van der Waals surface area contributed by atoms with Gasteiger partial charge in [0.25, 0.3) is 23.6 Å². The van der Waals surface area contributed by atoms with Crippen molar-refractivity contribution >= 4 is 87.7 Å². The van der Waals surface area contributed by atoms with Gasteiger partial charge in [-0.15, -0.1) is 22.7 Å². The zero-order valence-electron chi connectivity index (χ0n) is 62.8. The molecule has 0 radical (unpaired) electrons. The van der Waals surface area contributed by atoms with Gasteiger partial charge in [0.2, 0.25) is 29.5 Å². The van der Waals surface area contributed by atoms with Crippen molar-refractivity contribution in [1.82, 2.24) is 72.0 Å². The summed E-state index contributed by atoms with van der Waals surface area (Å²) in [5, 5.41) is 111. The number of rotatable bonds is 42. The summed E-state index contributed by atoms with van der Waals surface area (Å²) >= 11 is 2.42. The van der Waals surface area contributed by atoms with Gasteiger partial charge in [-0.05, 0) is 64.3 Å². The highest BCUT2D eigenvalue weighted by Crippen LogP contribution is 2.35. The van der Waals surface area contributed by atoms with E-state index in [1.807, 2.05) is 12.1 Å². The lowest BCUT2D eigenvalue weighted by atomic mass is 9.96. The quantitative estimate of drug-likeness (QED) is 0.0159. The molecule has 26 N–H and O–H groups in total. The van der Waals surface area contributed by atoms with Crippen LogP contribution < -0.4 is 65.9 Å². The summed E-state index contributed by atoms with van der Waals surface area (Å²) in [4.78, 5) is 160. The van der Waals surface area contributed by atoms with Crippen LogP contribution in [0.25, 0.3) is 10.7 Å². The minimum Gasteiger partial charge on any atom is -0.441 e. The van der Waals surface area contributed by atoms with Gasteiger partial charge in [0.15, 0.2) is 18.7 Å². The van der Waals surface area contributed by atoms with Crippen molar-refractivity contribution in [1.29, 1.82) is 0 Å². The van der Waals surface area contributed by atoms with Crippen molar-refractivity contribution in [2.75, 3.05) is 58.2 Å². The first-order valence-electron chi connectivity index (χ1n) is 36.4. The summed E-state index contributed by atoms with van der Waals surface area (Å²) in [6, 6.07) is 9.72. The number of ether oxygens (including phenoxy) is 5. The lowest BCUT2D eigenvalue weighted by Crippen LogP contribution is -2.65. The Balaban J connectivity index is 0.928. The number of nitrogens with two attached hydrogens (primary N) is 5. The lowest BCUT2D eigenvalue weighted by molar-refractivity contribution is -0.372. The fraction of sp³-hybridized carbons (Fsp3) is 0.507. The molecule has 44 heteroatoms. The number of nitrogen functional groups attached to an aromatic ring is 1. The highest BCUT2D eigenvalue weighted by molar-refractivity contribution is 7.14. The number of unbranched alkanes of at least 4 members (excludes halogenated alkanes) is 1. The molecule has 2 aliphatic heterocycles. The minimum atomic E-state index is -2.21. The molecule has 2 aromatic carbocycles. The van der Waals surface area contributed by atoms with Crippen LogP contribution in [-0.2, 0) is 54.1 Å². The second kappa shape index (κ2) is 42.9. The summed E-state index contributed by atoms with van der Waals surface area (Å²) in [6.07, 6.45) is -23.8. The van der Waals surface area contributed by atoms with Crippen molar-refractivity contribution in [3.8, 4) is 10.7 Å². The number of imidazole rings is 1. The molecule has 115 heavy (non-hydrogen) atoms. The van der Waals surface area contributed by atoms with Crippen LogP contribution in [0.1, 0.15) is 122 Å². The average Bonchev–Trinajstić information content (AvgIpc) is 1.66. The number of carbonyl (C=O) groups excluding carboxylic acids is 10. The van der Waals surface area contributed by atoms with Crippen molar-refractivity contribution < 1.29 is 112 Å². The van der Waals surface area contributed by atoms with E-state index < -0.39 is 189 Å². The van der Waals surface area contributed by atoms with Crippen LogP contribution in [0, 0.1) is 12.8 Å². The number of hydrogen-bond acceptors (Lipinski definition) is 33. The molecular weight excluding hydrogens is 1550 g/mol. The van der Waals surface area contributed by atoms with Gasteiger partial charge >= 0.3 is 6.09 Å². The Labute approximate surface area is 665 Å². The van der Waals surface area contributed by atoms with E-state index in [9.17, 15) is 84.0 Å². The van der Waals surface area contributed by atoms with E-state index in [0.717, 1.165) is 12.5 Å². The average molecular weight is 1650 g/mol. The van der Waals surface area contributed by atoms with Crippen LogP contribution in [0.2, 0.25) is 0 Å². The molecule has 0 spiro atoms. The lowest BCUT2D eigenvalue weighted by Gasteiger charge is -2.47. The van der Waals surface area contributed by atoms with E-state index >= 15 is 4.79 Å². The molecule has 2 fully saturated rings. The van der Waals surface area contributed by atoms with Gasteiger partial charge < -0.3 is 140 Å². The number of hydrogen-bond donors (Lipinski definition) is 21. The van der Waals surface area contributed by atoms with Crippen LogP contribution in [0.3, 0.4) is 0 Å². The van der Waals surface area contributed by atoms with Crippen LogP contribution >= 0.6 is 22.7 Å². The second-order valence-electron chi connectivity index (χ2n) is 27.1. The topological polar surface area (TPSA) is 676 Å². The molecule has 6 heterocycles. The molecule has 10 amide bonds. The Morgan fingerprint density at radius 1 is 0.678 bits per heavy atom. The molecule has 0 bridgehead atoms. The van der Waals surface area contributed by atoms with Gasteiger partial charge in [0.05, 0.1) is 72.7 Å². The molecule has 19 atom stereocenters. The third-order valence-corrected chi connectivity index (χ3v) is 20.4. The highest BCUT2D eigenvalue weighted by Gasteiger charge is 2.54. The molecule has 6 aromatic rings. The number of amides is 10. The molecule has 0 saturated carbocycles. The van der Waals surface area contributed by atoms with E-state index in [4.69, 9.17) is 52.4 Å².